The van der Waals surface area contributed by atoms with Crippen molar-refractivity contribution < 1.29 is 4.92 Å². The standard InChI is InChI=1S/C18H13N5O2S/c1-12-5-7-14(8-6-12)21-22-16(10-19)18-20-17(11-26-18)13-3-2-4-15(9-13)23(24)25/h2-9,11,21H,1H3. The van der Waals surface area contributed by atoms with E-state index in [-0.39, 0.29) is 11.4 Å². The molecular weight excluding hydrogens is 350 g/mol. The van der Waals surface area contributed by atoms with Crippen LogP contribution < -0.4 is 5.43 Å². The Bertz CT molecular complexity index is 1020. The van der Waals surface area contributed by atoms with Crippen molar-refractivity contribution in [3.8, 4) is 17.3 Å². The molecule has 0 bridgehead atoms. The van der Waals surface area contributed by atoms with Crippen LogP contribution in [0.15, 0.2) is 59.0 Å². The number of nitrogens with zero attached hydrogens (tertiary/aromatic N) is 4. The molecule has 7 nitrogen and oxygen atoms in total. The zero-order valence-electron chi connectivity index (χ0n) is 13.7. The maximum absolute atomic E-state index is 10.9. The van der Waals surface area contributed by atoms with Gasteiger partial charge in [0.1, 0.15) is 6.07 Å². The number of rotatable bonds is 5. The molecule has 0 fully saturated rings. The summed E-state index contributed by atoms with van der Waals surface area (Å²) in [6.45, 7) is 1.98. The maximum atomic E-state index is 10.9. The summed E-state index contributed by atoms with van der Waals surface area (Å²) in [5.74, 6) is 0. The minimum Gasteiger partial charge on any atom is -0.277 e. The third-order valence-electron chi connectivity index (χ3n) is 3.51. The zero-order chi connectivity index (χ0) is 18.5. The summed E-state index contributed by atoms with van der Waals surface area (Å²) < 4.78 is 0. The Balaban J connectivity index is 1.84. The van der Waals surface area contributed by atoms with Crippen LogP contribution in [-0.4, -0.2) is 15.6 Å². The molecule has 0 saturated carbocycles. The number of hydrogen-bond donors (Lipinski definition) is 1. The second-order valence-corrected chi connectivity index (χ2v) is 6.25. The number of anilines is 1. The highest BCUT2D eigenvalue weighted by Gasteiger charge is 2.13. The van der Waals surface area contributed by atoms with Gasteiger partial charge < -0.3 is 0 Å². The number of nitro benzene ring substituents is 1. The lowest BCUT2D eigenvalue weighted by Gasteiger charge is -2.01. The topological polar surface area (TPSA) is 104 Å². The van der Waals surface area contributed by atoms with E-state index in [1.807, 2.05) is 37.3 Å². The van der Waals surface area contributed by atoms with Crippen molar-refractivity contribution in [1.29, 1.82) is 5.26 Å². The lowest BCUT2D eigenvalue weighted by molar-refractivity contribution is -0.384. The van der Waals surface area contributed by atoms with Crippen LogP contribution in [0.5, 0.6) is 0 Å². The number of thiazole rings is 1. The molecule has 0 amide bonds. The van der Waals surface area contributed by atoms with Crippen molar-refractivity contribution in [2.45, 2.75) is 6.92 Å². The number of aromatic nitrogens is 1. The first-order valence-electron chi connectivity index (χ1n) is 7.58. The minimum atomic E-state index is -0.454. The Morgan fingerprint density at radius 1 is 1.31 bits per heavy atom. The van der Waals surface area contributed by atoms with Crippen LogP contribution in [0.2, 0.25) is 0 Å². The zero-order valence-corrected chi connectivity index (χ0v) is 14.5. The fourth-order valence-corrected chi connectivity index (χ4v) is 2.93. The monoisotopic (exact) mass is 363 g/mol. The molecule has 0 spiro atoms. The lowest BCUT2D eigenvalue weighted by atomic mass is 10.1. The van der Waals surface area contributed by atoms with Crippen molar-refractivity contribution in [1.82, 2.24) is 4.98 Å². The van der Waals surface area contributed by atoms with Crippen molar-refractivity contribution in [3.05, 3.63) is 74.6 Å². The first-order valence-corrected chi connectivity index (χ1v) is 8.46. The molecule has 3 rings (SSSR count). The average Bonchev–Trinajstić information content (AvgIpc) is 3.14. The molecule has 3 aromatic rings. The summed E-state index contributed by atoms with van der Waals surface area (Å²) in [4.78, 5) is 14.8. The van der Waals surface area contributed by atoms with E-state index in [2.05, 4.69) is 15.5 Å². The van der Waals surface area contributed by atoms with E-state index < -0.39 is 4.92 Å². The number of hydrazone groups is 1. The van der Waals surface area contributed by atoms with Gasteiger partial charge in [-0.2, -0.15) is 10.4 Å². The second-order valence-electron chi connectivity index (χ2n) is 5.40. The number of hydrogen-bond acceptors (Lipinski definition) is 7. The van der Waals surface area contributed by atoms with Crippen LogP contribution >= 0.6 is 11.3 Å². The Kier molecular flexibility index (Phi) is 5.01. The highest BCUT2D eigenvalue weighted by molar-refractivity contribution is 7.12. The first-order chi connectivity index (χ1) is 12.6. The van der Waals surface area contributed by atoms with E-state index in [0.717, 1.165) is 11.3 Å². The number of nitro groups is 1. The van der Waals surface area contributed by atoms with Crippen molar-refractivity contribution in [2.24, 2.45) is 5.10 Å². The molecule has 26 heavy (non-hydrogen) atoms. The van der Waals surface area contributed by atoms with E-state index in [9.17, 15) is 15.4 Å². The molecule has 0 atom stereocenters. The SMILES string of the molecule is Cc1ccc(NN=C(C#N)c2nc(-c3cccc([N+](=O)[O-])c3)cs2)cc1. The summed E-state index contributed by atoms with van der Waals surface area (Å²) in [5, 5.41) is 26.5. The summed E-state index contributed by atoms with van der Waals surface area (Å²) in [6.07, 6.45) is 0. The smallest absolute Gasteiger partial charge is 0.270 e. The molecule has 0 aliphatic carbocycles. The van der Waals surface area contributed by atoms with Gasteiger partial charge in [0.25, 0.3) is 5.69 Å². The highest BCUT2D eigenvalue weighted by atomic mass is 32.1. The summed E-state index contributed by atoms with van der Waals surface area (Å²) in [6, 6.07) is 15.8. The van der Waals surface area contributed by atoms with Crippen molar-refractivity contribution >= 4 is 28.4 Å². The molecule has 0 saturated heterocycles. The highest BCUT2D eigenvalue weighted by Crippen LogP contribution is 2.25. The third kappa shape index (κ3) is 3.91. The van der Waals surface area contributed by atoms with Gasteiger partial charge in [-0.25, -0.2) is 4.98 Å². The molecule has 0 unspecified atom stereocenters. The van der Waals surface area contributed by atoms with Crippen LogP contribution in [0, 0.1) is 28.4 Å². The molecule has 1 heterocycles. The van der Waals surface area contributed by atoms with E-state index >= 15 is 0 Å². The fraction of sp³-hybridized carbons (Fsp3) is 0.0556. The fourth-order valence-electron chi connectivity index (χ4n) is 2.16. The van der Waals surface area contributed by atoms with Gasteiger partial charge in [0, 0.05) is 23.1 Å². The number of nitrogens with one attached hydrogen (secondary N) is 1. The first kappa shape index (κ1) is 17.3. The van der Waals surface area contributed by atoms with Crippen molar-refractivity contribution in [2.75, 3.05) is 5.43 Å². The van der Waals surface area contributed by atoms with Gasteiger partial charge in [-0.05, 0) is 19.1 Å². The van der Waals surface area contributed by atoms with Gasteiger partial charge in [0.2, 0.25) is 0 Å². The number of non-ortho nitro benzene ring substituents is 1. The largest absolute Gasteiger partial charge is 0.277 e. The van der Waals surface area contributed by atoms with E-state index in [1.54, 1.807) is 17.5 Å². The second kappa shape index (κ2) is 7.55. The molecule has 2 aromatic carbocycles. The minimum absolute atomic E-state index is 0.00717. The Hall–Kier alpha value is -3.57. The van der Waals surface area contributed by atoms with Crippen LogP contribution in [0.3, 0.4) is 0 Å². The van der Waals surface area contributed by atoms with Crippen LogP contribution in [0.25, 0.3) is 11.3 Å². The van der Waals surface area contributed by atoms with Gasteiger partial charge in [-0.15, -0.1) is 11.3 Å². The Labute approximate surface area is 153 Å². The molecule has 0 aliphatic heterocycles. The molecule has 128 valence electrons. The number of aryl methyl sites for hydroxylation is 1. The van der Waals surface area contributed by atoms with Gasteiger partial charge in [0.15, 0.2) is 10.7 Å². The number of benzene rings is 2. The Morgan fingerprint density at radius 3 is 2.77 bits per heavy atom. The van der Waals surface area contributed by atoms with Gasteiger partial charge in [-0.3, -0.25) is 15.5 Å². The molecule has 1 aromatic heterocycles. The normalized spacial score (nSPS) is 11.0. The Morgan fingerprint density at radius 2 is 2.08 bits per heavy atom. The molecule has 1 N–H and O–H groups in total. The predicted octanol–water partition coefficient (Wildman–Crippen LogP) is 4.37. The van der Waals surface area contributed by atoms with Crippen LogP contribution in [0.4, 0.5) is 11.4 Å². The van der Waals surface area contributed by atoms with Gasteiger partial charge in [0.05, 0.1) is 16.3 Å². The van der Waals surface area contributed by atoms with Crippen LogP contribution in [-0.2, 0) is 0 Å². The van der Waals surface area contributed by atoms with E-state index in [4.69, 9.17) is 0 Å². The maximum Gasteiger partial charge on any atom is 0.270 e. The summed E-state index contributed by atoms with van der Waals surface area (Å²) in [5.41, 5.74) is 6.04. The van der Waals surface area contributed by atoms with Crippen LogP contribution in [0.1, 0.15) is 10.6 Å². The van der Waals surface area contributed by atoms with E-state index in [1.165, 1.54) is 23.5 Å². The number of nitriles is 1. The van der Waals surface area contributed by atoms with Gasteiger partial charge >= 0.3 is 0 Å². The predicted molar refractivity (Wildman–Crippen MR) is 101 cm³/mol. The van der Waals surface area contributed by atoms with Crippen molar-refractivity contribution in [3.63, 3.8) is 0 Å². The van der Waals surface area contributed by atoms with E-state index in [0.29, 0.717) is 16.3 Å². The van der Waals surface area contributed by atoms with Gasteiger partial charge in [-0.1, -0.05) is 29.8 Å². The average molecular weight is 363 g/mol. The summed E-state index contributed by atoms with van der Waals surface area (Å²) in [7, 11) is 0. The third-order valence-corrected chi connectivity index (χ3v) is 4.36. The summed E-state index contributed by atoms with van der Waals surface area (Å²) >= 11 is 1.25. The molecule has 8 heteroatoms. The molecular formula is C18H13N5O2S. The molecule has 0 radical (unpaired) electrons. The lowest BCUT2D eigenvalue weighted by Crippen LogP contribution is -2.01. The molecule has 0 aliphatic rings. The quantitative estimate of drug-likeness (QED) is 0.412.